The van der Waals surface area contributed by atoms with Crippen LogP contribution in [-0.2, 0) is 18.3 Å². The highest BCUT2D eigenvalue weighted by atomic mass is 16.2. The van der Waals surface area contributed by atoms with Crippen LogP contribution in [-0.4, -0.2) is 59.3 Å². The fourth-order valence-corrected chi connectivity index (χ4v) is 2.93. The van der Waals surface area contributed by atoms with Crippen LogP contribution in [0.1, 0.15) is 32.3 Å². The van der Waals surface area contributed by atoms with Crippen LogP contribution >= 0.6 is 0 Å². The number of carbonyl (C=O) groups excluding carboxylic acids is 1. The molecule has 1 unspecified atom stereocenters. The molecule has 0 aliphatic carbocycles. The maximum absolute atomic E-state index is 12.0. The summed E-state index contributed by atoms with van der Waals surface area (Å²) < 4.78 is 1.83. The highest BCUT2D eigenvalue weighted by Gasteiger charge is 2.27. The Morgan fingerprint density at radius 2 is 2.29 bits per heavy atom. The van der Waals surface area contributed by atoms with E-state index in [1.165, 1.54) is 5.56 Å². The van der Waals surface area contributed by atoms with E-state index >= 15 is 0 Å². The number of amides is 1. The Hall–Kier alpha value is -2.05. The molecule has 1 aliphatic rings. The molecule has 0 saturated carbocycles. The molecule has 1 saturated heterocycles. The molecule has 0 spiro atoms. The van der Waals surface area contributed by atoms with E-state index in [1.807, 2.05) is 42.9 Å². The van der Waals surface area contributed by atoms with Gasteiger partial charge in [-0.1, -0.05) is 13.8 Å². The molecule has 7 nitrogen and oxygen atoms in total. The van der Waals surface area contributed by atoms with Crippen molar-refractivity contribution in [3.63, 3.8) is 0 Å². The van der Waals surface area contributed by atoms with Gasteiger partial charge in [0.15, 0.2) is 5.96 Å². The first kappa shape index (κ1) is 18.3. The number of likely N-dealkylation sites (tertiary alicyclic amines) is 1. The van der Waals surface area contributed by atoms with Gasteiger partial charge in [-0.05, 0) is 24.8 Å². The molecule has 1 aromatic rings. The lowest BCUT2D eigenvalue weighted by atomic mass is 10.2. The largest absolute Gasteiger partial charge is 0.356 e. The molecule has 134 valence electrons. The average Bonchev–Trinajstić information content (AvgIpc) is 3.18. The molecule has 1 aliphatic heterocycles. The summed E-state index contributed by atoms with van der Waals surface area (Å²) in [5, 5.41) is 10.9. The number of carbonyl (C=O) groups is 1. The van der Waals surface area contributed by atoms with E-state index < -0.39 is 0 Å². The van der Waals surface area contributed by atoms with Crippen molar-refractivity contribution in [3.8, 4) is 0 Å². The fraction of sp³-hybridized carbons (Fsp3) is 0.706. The number of nitrogens with zero attached hydrogens (tertiary/aromatic N) is 4. The first-order valence-corrected chi connectivity index (χ1v) is 8.73. The molecule has 1 fully saturated rings. The third-order valence-corrected chi connectivity index (χ3v) is 4.25. The quantitative estimate of drug-likeness (QED) is 0.458. The van der Waals surface area contributed by atoms with Crippen molar-refractivity contribution >= 4 is 11.9 Å². The summed E-state index contributed by atoms with van der Waals surface area (Å²) in [6.07, 6.45) is 6.94. The van der Waals surface area contributed by atoms with Crippen LogP contribution in [0.25, 0.3) is 0 Å². The van der Waals surface area contributed by atoms with Gasteiger partial charge < -0.3 is 15.5 Å². The maximum atomic E-state index is 12.0. The molecular weight excluding hydrogens is 304 g/mol. The second-order valence-electron chi connectivity index (χ2n) is 6.69. The zero-order valence-electron chi connectivity index (χ0n) is 15.2. The summed E-state index contributed by atoms with van der Waals surface area (Å²) >= 11 is 0. The fourth-order valence-electron chi connectivity index (χ4n) is 2.93. The molecule has 0 radical (unpaired) electrons. The highest BCUT2D eigenvalue weighted by molar-refractivity contribution is 5.81. The number of hydrogen-bond donors (Lipinski definition) is 2. The van der Waals surface area contributed by atoms with Crippen LogP contribution < -0.4 is 10.6 Å². The summed E-state index contributed by atoms with van der Waals surface area (Å²) in [5.74, 6) is 1.11. The first-order valence-electron chi connectivity index (χ1n) is 8.73. The molecule has 2 heterocycles. The van der Waals surface area contributed by atoms with E-state index in [2.05, 4.69) is 20.7 Å². The monoisotopic (exact) mass is 334 g/mol. The molecule has 24 heavy (non-hydrogen) atoms. The molecule has 0 aromatic carbocycles. The van der Waals surface area contributed by atoms with Crippen LogP contribution in [0.15, 0.2) is 17.4 Å². The molecule has 0 bridgehead atoms. The van der Waals surface area contributed by atoms with Crippen LogP contribution in [0.3, 0.4) is 0 Å². The lowest BCUT2D eigenvalue weighted by Crippen LogP contribution is -2.45. The molecule has 1 aromatic heterocycles. The number of guanidine groups is 1. The van der Waals surface area contributed by atoms with E-state index in [0.717, 1.165) is 44.9 Å². The minimum absolute atomic E-state index is 0.0636. The Morgan fingerprint density at radius 1 is 1.50 bits per heavy atom. The third-order valence-electron chi connectivity index (χ3n) is 4.25. The summed E-state index contributed by atoms with van der Waals surface area (Å²) in [6, 6.07) is 0.275. The number of hydrogen-bond acceptors (Lipinski definition) is 3. The zero-order chi connectivity index (χ0) is 17.5. The van der Waals surface area contributed by atoms with Gasteiger partial charge in [0.2, 0.25) is 5.91 Å². The Kier molecular flexibility index (Phi) is 6.63. The van der Waals surface area contributed by atoms with Crippen molar-refractivity contribution in [2.24, 2.45) is 18.0 Å². The van der Waals surface area contributed by atoms with Gasteiger partial charge in [-0.3, -0.25) is 14.5 Å². The normalized spacial score (nSPS) is 18.3. The van der Waals surface area contributed by atoms with Crippen molar-refractivity contribution in [3.05, 3.63) is 18.0 Å². The van der Waals surface area contributed by atoms with E-state index in [9.17, 15) is 4.79 Å². The number of nitrogens with one attached hydrogen (secondary N) is 2. The summed E-state index contributed by atoms with van der Waals surface area (Å²) in [7, 11) is 3.71. The van der Waals surface area contributed by atoms with E-state index in [0.29, 0.717) is 0 Å². The zero-order valence-corrected chi connectivity index (χ0v) is 15.2. The van der Waals surface area contributed by atoms with Gasteiger partial charge >= 0.3 is 0 Å². The smallest absolute Gasteiger partial charge is 0.225 e. The van der Waals surface area contributed by atoms with E-state index in [4.69, 9.17) is 0 Å². The lowest BCUT2D eigenvalue weighted by Gasteiger charge is -2.20. The molecular formula is C17H30N6O. The van der Waals surface area contributed by atoms with E-state index in [1.54, 1.807) is 7.05 Å². The minimum atomic E-state index is 0.0636. The molecule has 2 rings (SSSR count). The Balaban J connectivity index is 1.68. The summed E-state index contributed by atoms with van der Waals surface area (Å²) in [5.41, 5.74) is 1.25. The summed E-state index contributed by atoms with van der Waals surface area (Å²) in [4.78, 5) is 18.3. The van der Waals surface area contributed by atoms with Gasteiger partial charge in [0, 0.05) is 51.9 Å². The van der Waals surface area contributed by atoms with Gasteiger partial charge in [0.05, 0.1) is 6.20 Å². The van der Waals surface area contributed by atoms with Gasteiger partial charge in [-0.2, -0.15) is 5.10 Å². The van der Waals surface area contributed by atoms with Crippen LogP contribution in [0.4, 0.5) is 0 Å². The standard InChI is InChI=1S/C17H30N6O/c1-13(2)16(24)23-9-7-15(12-23)21-17(18-3)19-8-5-6-14-10-20-22(4)11-14/h10-11,13,15H,5-9,12H2,1-4H3,(H2,18,19,21). The van der Waals surface area contributed by atoms with Gasteiger partial charge in [0.25, 0.3) is 0 Å². The molecule has 1 atom stereocenters. The molecule has 1 amide bonds. The lowest BCUT2D eigenvalue weighted by molar-refractivity contribution is -0.133. The third kappa shape index (κ3) is 5.25. The second-order valence-corrected chi connectivity index (χ2v) is 6.69. The van der Waals surface area contributed by atoms with Gasteiger partial charge in [0.1, 0.15) is 0 Å². The van der Waals surface area contributed by atoms with Crippen molar-refractivity contribution in [2.75, 3.05) is 26.7 Å². The topological polar surface area (TPSA) is 74.6 Å². The highest BCUT2D eigenvalue weighted by Crippen LogP contribution is 2.12. The van der Waals surface area contributed by atoms with Crippen molar-refractivity contribution in [2.45, 2.75) is 39.2 Å². The summed E-state index contributed by atoms with van der Waals surface area (Å²) in [6.45, 7) is 6.34. The first-order chi connectivity index (χ1) is 11.5. The number of aromatic nitrogens is 2. The minimum Gasteiger partial charge on any atom is -0.356 e. The number of rotatable bonds is 6. The maximum Gasteiger partial charge on any atom is 0.225 e. The number of aliphatic imine (C=N–C) groups is 1. The van der Waals surface area contributed by atoms with Crippen LogP contribution in [0.2, 0.25) is 0 Å². The van der Waals surface area contributed by atoms with Crippen molar-refractivity contribution in [1.29, 1.82) is 0 Å². The number of aryl methyl sites for hydroxylation is 2. The van der Waals surface area contributed by atoms with Crippen LogP contribution in [0, 0.1) is 5.92 Å². The Morgan fingerprint density at radius 3 is 2.92 bits per heavy atom. The SMILES string of the molecule is CN=C(NCCCc1cnn(C)c1)NC1CCN(C(=O)C(C)C)C1. The van der Waals surface area contributed by atoms with Crippen molar-refractivity contribution in [1.82, 2.24) is 25.3 Å². The molecule has 7 heteroatoms. The van der Waals surface area contributed by atoms with E-state index in [-0.39, 0.29) is 17.9 Å². The predicted octanol–water partition coefficient (Wildman–Crippen LogP) is 0.775. The Labute approximate surface area is 144 Å². The molecule has 2 N–H and O–H groups in total. The van der Waals surface area contributed by atoms with Gasteiger partial charge in [-0.15, -0.1) is 0 Å². The van der Waals surface area contributed by atoms with Crippen molar-refractivity contribution < 1.29 is 4.79 Å². The van der Waals surface area contributed by atoms with Gasteiger partial charge in [-0.25, -0.2) is 0 Å². The second kappa shape index (κ2) is 8.70. The van der Waals surface area contributed by atoms with Crippen LogP contribution in [0.5, 0.6) is 0 Å². The average molecular weight is 334 g/mol. The predicted molar refractivity (Wildman–Crippen MR) is 95.8 cm³/mol. The Bertz CT molecular complexity index is 565.